The van der Waals surface area contributed by atoms with Gasteiger partial charge in [0.05, 0.1) is 11.5 Å². The van der Waals surface area contributed by atoms with Gasteiger partial charge in [0.25, 0.3) is 0 Å². The average Bonchev–Trinajstić information content (AvgIpc) is 2.90. The van der Waals surface area contributed by atoms with Gasteiger partial charge in [-0.2, -0.15) is 0 Å². The van der Waals surface area contributed by atoms with E-state index in [9.17, 15) is 4.79 Å². The number of rotatable bonds is 5. The van der Waals surface area contributed by atoms with Crippen LogP contribution in [-0.4, -0.2) is 12.4 Å². The van der Waals surface area contributed by atoms with Crippen LogP contribution in [0.2, 0.25) is 0 Å². The minimum absolute atomic E-state index is 0.0713. The van der Waals surface area contributed by atoms with Gasteiger partial charge in [0, 0.05) is 5.56 Å². The SMILES string of the molecule is CCCOc1ccc(C(=O)c2cccs2)cc1. The van der Waals surface area contributed by atoms with E-state index in [1.54, 1.807) is 0 Å². The predicted octanol–water partition coefficient (Wildman–Crippen LogP) is 3.77. The maximum absolute atomic E-state index is 12.0. The fourth-order valence-electron chi connectivity index (χ4n) is 1.47. The van der Waals surface area contributed by atoms with Crippen molar-refractivity contribution in [3.63, 3.8) is 0 Å². The van der Waals surface area contributed by atoms with Crippen molar-refractivity contribution in [3.8, 4) is 5.75 Å². The van der Waals surface area contributed by atoms with Gasteiger partial charge in [-0.25, -0.2) is 0 Å². The molecule has 0 spiro atoms. The van der Waals surface area contributed by atoms with Crippen molar-refractivity contribution in [2.75, 3.05) is 6.61 Å². The summed E-state index contributed by atoms with van der Waals surface area (Å²) < 4.78 is 5.47. The summed E-state index contributed by atoms with van der Waals surface area (Å²) in [6.45, 7) is 2.77. The molecule has 0 N–H and O–H groups in total. The third kappa shape index (κ3) is 2.94. The average molecular weight is 246 g/mol. The molecule has 0 saturated heterocycles. The highest BCUT2D eigenvalue weighted by atomic mass is 32.1. The fourth-order valence-corrected chi connectivity index (χ4v) is 2.16. The number of hydrogen-bond acceptors (Lipinski definition) is 3. The number of ether oxygens (including phenoxy) is 1. The smallest absolute Gasteiger partial charge is 0.202 e. The minimum Gasteiger partial charge on any atom is -0.494 e. The lowest BCUT2D eigenvalue weighted by Crippen LogP contribution is -1.99. The van der Waals surface area contributed by atoms with Crippen LogP contribution < -0.4 is 4.74 Å². The van der Waals surface area contributed by atoms with E-state index >= 15 is 0 Å². The second kappa shape index (κ2) is 5.64. The van der Waals surface area contributed by atoms with Crippen LogP contribution in [0.25, 0.3) is 0 Å². The Morgan fingerprint density at radius 3 is 2.59 bits per heavy atom. The molecule has 0 bridgehead atoms. The Kier molecular flexibility index (Phi) is 3.94. The zero-order chi connectivity index (χ0) is 12.1. The molecule has 0 atom stereocenters. The summed E-state index contributed by atoms with van der Waals surface area (Å²) >= 11 is 1.46. The Labute approximate surface area is 105 Å². The lowest BCUT2D eigenvalue weighted by Gasteiger charge is -2.04. The van der Waals surface area contributed by atoms with E-state index in [-0.39, 0.29) is 5.78 Å². The van der Waals surface area contributed by atoms with E-state index in [1.807, 2.05) is 41.8 Å². The molecule has 2 aromatic rings. The monoisotopic (exact) mass is 246 g/mol. The summed E-state index contributed by atoms with van der Waals surface area (Å²) in [5.74, 6) is 0.886. The van der Waals surface area contributed by atoms with Gasteiger partial charge in [0.1, 0.15) is 5.75 Å². The molecule has 0 aliphatic carbocycles. The van der Waals surface area contributed by atoms with Crippen molar-refractivity contribution in [3.05, 3.63) is 52.2 Å². The number of benzene rings is 1. The molecule has 0 saturated carbocycles. The fraction of sp³-hybridized carbons (Fsp3) is 0.214. The minimum atomic E-state index is 0.0713. The lowest BCUT2D eigenvalue weighted by molar-refractivity contribution is 0.104. The normalized spacial score (nSPS) is 10.2. The Hall–Kier alpha value is -1.61. The molecule has 0 fully saturated rings. The predicted molar refractivity (Wildman–Crippen MR) is 70.0 cm³/mol. The number of thiophene rings is 1. The molecule has 2 nitrogen and oxygen atoms in total. The van der Waals surface area contributed by atoms with Crippen molar-refractivity contribution < 1.29 is 9.53 Å². The first kappa shape index (κ1) is 11.9. The third-order valence-electron chi connectivity index (χ3n) is 2.33. The molecule has 88 valence electrons. The van der Waals surface area contributed by atoms with Crippen LogP contribution in [0.5, 0.6) is 5.75 Å². The first-order valence-corrected chi connectivity index (χ1v) is 6.50. The first-order chi connectivity index (χ1) is 8.31. The van der Waals surface area contributed by atoms with Crippen LogP contribution >= 0.6 is 11.3 Å². The number of carbonyl (C=O) groups is 1. The summed E-state index contributed by atoms with van der Waals surface area (Å²) in [4.78, 5) is 12.8. The molecular weight excluding hydrogens is 232 g/mol. The van der Waals surface area contributed by atoms with Gasteiger partial charge in [-0.3, -0.25) is 4.79 Å². The highest BCUT2D eigenvalue weighted by Gasteiger charge is 2.09. The zero-order valence-corrected chi connectivity index (χ0v) is 10.5. The summed E-state index contributed by atoms with van der Waals surface area (Å²) in [7, 11) is 0. The second-order valence-electron chi connectivity index (χ2n) is 3.68. The van der Waals surface area contributed by atoms with Gasteiger partial charge in [-0.15, -0.1) is 11.3 Å². The van der Waals surface area contributed by atoms with Crippen LogP contribution in [0.3, 0.4) is 0 Å². The molecule has 1 heterocycles. The van der Waals surface area contributed by atoms with Crippen LogP contribution in [0, 0.1) is 0 Å². The molecule has 0 amide bonds. The zero-order valence-electron chi connectivity index (χ0n) is 9.68. The molecule has 0 aliphatic rings. The third-order valence-corrected chi connectivity index (χ3v) is 3.20. The summed E-state index contributed by atoms with van der Waals surface area (Å²) in [6, 6.07) is 11.0. The first-order valence-electron chi connectivity index (χ1n) is 5.62. The summed E-state index contributed by atoms with van der Waals surface area (Å²) in [6.07, 6.45) is 0.982. The molecule has 1 aromatic carbocycles. The Balaban J connectivity index is 2.10. The standard InChI is InChI=1S/C14H14O2S/c1-2-9-16-12-7-5-11(6-8-12)14(15)13-4-3-10-17-13/h3-8,10H,2,9H2,1H3. The van der Waals surface area contributed by atoms with Crippen LogP contribution in [-0.2, 0) is 0 Å². The van der Waals surface area contributed by atoms with Crippen molar-refractivity contribution in [2.24, 2.45) is 0 Å². The quantitative estimate of drug-likeness (QED) is 0.751. The Bertz CT molecular complexity index is 471. The molecule has 0 unspecified atom stereocenters. The van der Waals surface area contributed by atoms with Gasteiger partial charge in [0.15, 0.2) is 0 Å². The molecular formula is C14H14O2S. The van der Waals surface area contributed by atoms with E-state index in [1.165, 1.54) is 11.3 Å². The molecule has 0 aliphatic heterocycles. The number of hydrogen-bond donors (Lipinski definition) is 0. The van der Waals surface area contributed by atoms with Gasteiger partial charge >= 0.3 is 0 Å². The van der Waals surface area contributed by atoms with E-state index in [0.29, 0.717) is 12.2 Å². The highest BCUT2D eigenvalue weighted by Crippen LogP contribution is 2.18. The van der Waals surface area contributed by atoms with Gasteiger partial charge in [-0.1, -0.05) is 13.0 Å². The second-order valence-corrected chi connectivity index (χ2v) is 4.63. The van der Waals surface area contributed by atoms with Crippen molar-refractivity contribution in [1.82, 2.24) is 0 Å². The van der Waals surface area contributed by atoms with Gasteiger partial charge in [-0.05, 0) is 42.1 Å². The van der Waals surface area contributed by atoms with Gasteiger partial charge in [0.2, 0.25) is 5.78 Å². The molecule has 2 rings (SSSR count). The van der Waals surface area contributed by atoms with Crippen molar-refractivity contribution in [2.45, 2.75) is 13.3 Å². The number of ketones is 1. The molecule has 1 aromatic heterocycles. The van der Waals surface area contributed by atoms with Gasteiger partial charge < -0.3 is 4.74 Å². The molecule has 0 radical (unpaired) electrons. The maximum atomic E-state index is 12.0. The van der Waals surface area contributed by atoms with Crippen molar-refractivity contribution >= 4 is 17.1 Å². The lowest BCUT2D eigenvalue weighted by atomic mass is 10.1. The van der Waals surface area contributed by atoms with E-state index in [2.05, 4.69) is 6.92 Å². The molecule has 3 heteroatoms. The molecule has 17 heavy (non-hydrogen) atoms. The highest BCUT2D eigenvalue weighted by molar-refractivity contribution is 7.12. The maximum Gasteiger partial charge on any atom is 0.202 e. The summed E-state index contributed by atoms with van der Waals surface area (Å²) in [5, 5.41) is 1.91. The van der Waals surface area contributed by atoms with Crippen LogP contribution in [0.15, 0.2) is 41.8 Å². The Morgan fingerprint density at radius 2 is 2.00 bits per heavy atom. The van der Waals surface area contributed by atoms with E-state index in [0.717, 1.165) is 17.0 Å². The summed E-state index contributed by atoms with van der Waals surface area (Å²) in [5.41, 5.74) is 0.705. The van der Waals surface area contributed by atoms with E-state index < -0.39 is 0 Å². The van der Waals surface area contributed by atoms with Crippen molar-refractivity contribution in [1.29, 1.82) is 0 Å². The van der Waals surface area contributed by atoms with Crippen LogP contribution in [0.1, 0.15) is 28.6 Å². The topological polar surface area (TPSA) is 26.3 Å². The van der Waals surface area contributed by atoms with Crippen LogP contribution in [0.4, 0.5) is 0 Å². The largest absolute Gasteiger partial charge is 0.494 e. The Morgan fingerprint density at radius 1 is 1.24 bits per heavy atom. The number of carbonyl (C=O) groups excluding carboxylic acids is 1. The van der Waals surface area contributed by atoms with E-state index in [4.69, 9.17) is 4.74 Å².